The lowest BCUT2D eigenvalue weighted by Crippen LogP contribution is -2.17. The summed E-state index contributed by atoms with van der Waals surface area (Å²) < 4.78 is 35.0. The number of nitrogens with two attached hydrogens (primary N) is 1. The van der Waals surface area contributed by atoms with E-state index in [0.29, 0.717) is 28.3 Å². The van der Waals surface area contributed by atoms with E-state index in [1.807, 2.05) is 0 Å². The first-order valence-corrected chi connectivity index (χ1v) is 12.4. The third-order valence-electron chi connectivity index (χ3n) is 5.32. The third kappa shape index (κ3) is 5.77. The van der Waals surface area contributed by atoms with Crippen molar-refractivity contribution in [1.82, 2.24) is 9.78 Å². The molecule has 11 nitrogen and oxygen atoms in total. The molecule has 37 heavy (non-hydrogen) atoms. The molecule has 0 fully saturated rings. The largest absolute Gasteiger partial charge is 0.497 e. The molecule has 0 aliphatic heterocycles. The molecule has 0 radical (unpaired) electrons. The van der Waals surface area contributed by atoms with Gasteiger partial charge in [-0.05, 0) is 48.0 Å². The van der Waals surface area contributed by atoms with Gasteiger partial charge in [0.15, 0.2) is 5.82 Å². The molecule has 0 spiro atoms. The molecule has 1 heterocycles. The van der Waals surface area contributed by atoms with Gasteiger partial charge in [-0.3, -0.25) is 10.1 Å². The molecule has 0 saturated carbocycles. The van der Waals surface area contributed by atoms with Gasteiger partial charge in [-0.15, -0.1) is 5.10 Å². The molecule has 0 saturated heterocycles. The number of aromatic nitrogens is 2. The fraction of sp³-hybridized carbons (Fsp3) is 0.0800. The zero-order valence-corrected chi connectivity index (χ0v) is 20.7. The van der Waals surface area contributed by atoms with Crippen molar-refractivity contribution >= 4 is 33.5 Å². The van der Waals surface area contributed by atoms with Gasteiger partial charge in [-0.2, -0.15) is 0 Å². The number of ether oxygens (including phenoxy) is 2. The highest BCUT2D eigenvalue weighted by molar-refractivity contribution is 7.89. The lowest BCUT2D eigenvalue weighted by atomic mass is 10.1. The van der Waals surface area contributed by atoms with E-state index < -0.39 is 22.0 Å². The second-order valence-electron chi connectivity index (χ2n) is 7.71. The molecule has 190 valence electrons. The van der Waals surface area contributed by atoms with Crippen LogP contribution in [0.4, 0.5) is 16.3 Å². The second kappa shape index (κ2) is 10.5. The molecule has 4 N–H and O–H groups in total. The van der Waals surface area contributed by atoms with Crippen molar-refractivity contribution in [2.24, 2.45) is 5.14 Å². The van der Waals surface area contributed by atoms with E-state index in [9.17, 15) is 18.0 Å². The first-order valence-electron chi connectivity index (χ1n) is 10.8. The number of methoxy groups -OCH3 is 2. The summed E-state index contributed by atoms with van der Waals surface area (Å²) in [7, 11) is -1.16. The molecule has 3 aromatic carbocycles. The summed E-state index contributed by atoms with van der Waals surface area (Å²) in [5, 5.41) is 14.9. The predicted octanol–water partition coefficient (Wildman–Crippen LogP) is 3.63. The average molecular weight is 522 g/mol. The summed E-state index contributed by atoms with van der Waals surface area (Å²) in [6.45, 7) is 0. The Bertz CT molecular complexity index is 1550. The fourth-order valence-corrected chi connectivity index (χ4v) is 4.32. The Labute approximate surface area is 212 Å². The molecule has 12 heteroatoms. The summed E-state index contributed by atoms with van der Waals surface area (Å²) in [4.78, 5) is 24.9. The maximum absolute atomic E-state index is 13.2. The van der Waals surface area contributed by atoms with Gasteiger partial charge in [0.1, 0.15) is 11.4 Å². The van der Waals surface area contributed by atoms with Gasteiger partial charge in [0.05, 0.1) is 24.8 Å². The van der Waals surface area contributed by atoms with Crippen molar-refractivity contribution in [3.8, 4) is 22.6 Å². The van der Waals surface area contributed by atoms with Crippen LogP contribution in [0.3, 0.4) is 0 Å². The Hall–Kier alpha value is -4.68. The van der Waals surface area contributed by atoms with Crippen LogP contribution in [0.1, 0.15) is 10.5 Å². The number of rotatable bonds is 7. The van der Waals surface area contributed by atoms with E-state index in [-0.39, 0.29) is 16.4 Å². The van der Waals surface area contributed by atoms with E-state index in [1.54, 1.807) is 73.8 Å². The maximum atomic E-state index is 13.2. The van der Waals surface area contributed by atoms with Crippen LogP contribution >= 0.6 is 0 Å². The number of anilines is 2. The van der Waals surface area contributed by atoms with E-state index in [2.05, 4.69) is 20.5 Å². The highest BCUT2D eigenvalue weighted by atomic mass is 32.2. The van der Waals surface area contributed by atoms with Crippen molar-refractivity contribution < 1.29 is 27.5 Å². The van der Waals surface area contributed by atoms with Crippen LogP contribution in [-0.4, -0.2) is 44.4 Å². The van der Waals surface area contributed by atoms with Crippen LogP contribution in [0.25, 0.3) is 16.8 Å². The first-order chi connectivity index (χ1) is 17.7. The average Bonchev–Trinajstić information content (AvgIpc) is 3.32. The van der Waals surface area contributed by atoms with Crippen molar-refractivity contribution in [2.75, 3.05) is 24.9 Å². The van der Waals surface area contributed by atoms with Gasteiger partial charge < -0.3 is 14.8 Å². The Balaban J connectivity index is 1.62. The maximum Gasteiger partial charge on any atom is 0.412 e. The molecule has 2 amide bonds. The number of amides is 2. The topological polar surface area (TPSA) is 155 Å². The van der Waals surface area contributed by atoms with Crippen LogP contribution < -0.4 is 20.5 Å². The summed E-state index contributed by atoms with van der Waals surface area (Å²) >= 11 is 0. The van der Waals surface area contributed by atoms with Crippen LogP contribution in [0, 0.1) is 0 Å². The highest BCUT2D eigenvalue weighted by Gasteiger charge is 2.19. The number of hydrogen-bond donors (Lipinski definition) is 3. The lowest BCUT2D eigenvalue weighted by molar-refractivity contribution is 0.101. The minimum Gasteiger partial charge on any atom is -0.497 e. The first kappa shape index (κ1) is 25.4. The number of nitrogens with one attached hydrogen (secondary N) is 2. The molecule has 0 bridgehead atoms. The normalized spacial score (nSPS) is 11.0. The van der Waals surface area contributed by atoms with Gasteiger partial charge in [0.25, 0.3) is 5.91 Å². The Kier molecular flexibility index (Phi) is 7.22. The van der Waals surface area contributed by atoms with Crippen molar-refractivity contribution in [3.63, 3.8) is 0 Å². The van der Waals surface area contributed by atoms with Crippen LogP contribution in [0.5, 0.6) is 5.75 Å². The van der Waals surface area contributed by atoms with Crippen LogP contribution in [0.2, 0.25) is 0 Å². The number of nitrogens with zero attached hydrogens (tertiary/aromatic N) is 2. The van der Waals surface area contributed by atoms with Gasteiger partial charge in [0, 0.05) is 17.3 Å². The van der Waals surface area contributed by atoms with Crippen LogP contribution in [-0.2, 0) is 14.8 Å². The molecule has 1 aromatic heterocycles. The zero-order chi connectivity index (χ0) is 26.6. The summed E-state index contributed by atoms with van der Waals surface area (Å²) in [5.74, 6) is 0.237. The highest BCUT2D eigenvalue weighted by Crippen LogP contribution is 2.28. The number of carbonyl (C=O) groups is 2. The Morgan fingerprint density at radius 1 is 0.919 bits per heavy atom. The monoisotopic (exact) mass is 521 g/mol. The predicted molar refractivity (Wildman–Crippen MR) is 137 cm³/mol. The molecule has 0 aliphatic carbocycles. The molecule has 0 aliphatic rings. The number of sulfonamides is 1. The van der Waals surface area contributed by atoms with E-state index in [0.717, 1.165) is 0 Å². The van der Waals surface area contributed by atoms with Gasteiger partial charge in [-0.25, -0.2) is 23.0 Å². The number of carbonyl (C=O) groups excluding carboxylic acids is 2. The van der Waals surface area contributed by atoms with Crippen molar-refractivity contribution in [2.45, 2.75) is 4.90 Å². The molecule has 0 unspecified atom stereocenters. The molecule has 4 rings (SSSR count). The summed E-state index contributed by atoms with van der Waals surface area (Å²) in [6.07, 6.45) is -0.735. The number of primary sulfonamides is 1. The van der Waals surface area contributed by atoms with Gasteiger partial charge in [0.2, 0.25) is 10.0 Å². The Morgan fingerprint density at radius 3 is 2.22 bits per heavy atom. The van der Waals surface area contributed by atoms with E-state index in [1.165, 1.54) is 23.9 Å². The van der Waals surface area contributed by atoms with E-state index >= 15 is 0 Å². The van der Waals surface area contributed by atoms with Crippen molar-refractivity contribution in [1.29, 1.82) is 0 Å². The van der Waals surface area contributed by atoms with Gasteiger partial charge in [-0.1, -0.05) is 30.3 Å². The molecule has 0 atom stereocenters. The van der Waals surface area contributed by atoms with Crippen molar-refractivity contribution in [3.05, 3.63) is 84.6 Å². The van der Waals surface area contributed by atoms with Gasteiger partial charge >= 0.3 is 6.09 Å². The smallest absolute Gasteiger partial charge is 0.412 e. The molecular formula is C25H23N5O6S. The summed E-state index contributed by atoms with van der Waals surface area (Å²) in [6, 6.07) is 21.2. The third-order valence-corrected chi connectivity index (χ3v) is 6.29. The number of hydrogen-bond acceptors (Lipinski definition) is 7. The Morgan fingerprint density at radius 2 is 1.59 bits per heavy atom. The van der Waals surface area contributed by atoms with Crippen LogP contribution in [0.15, 0.2) is 83.8 Å². The molecular weight excluding hydrogens is 498 g/mol. The minimum atomic E-state index is -3.92. The van der Waals surface area contributed by atoms with E-state index in [4.69, 9.17) is 9.88 Å². The summed E-state index contributed by atoms with van der Waals surface area (Å²) in [5.41, 5.74) is 2.19. The quantitative estimate of drug-likeness (QED) is 0.335. The standard InChI is InChI=1S/C25H23N5O6S/c1-35-19-13-11-18(12-14-19)30-21(15-23(29-30)28-25(32)36-2)24(31)27-17-9-7-16(8-10-17)20-5-3-4-6-22(20)37(26,33)34/h3-15H,1-2H3,(H,27,31)(H2,26,33,34)(H,28,29,32). The minimum absolute atomic E-state index is 0.000754. The zero-order valence-electron chi connectivity index (χ0n) is 19.8. The fourth-order valence-electron chi connectivity index (χ4n) is 3.56. The second-order valence-corrected chi connectivity index (χ2v) is 9.24. The lowest BCUT2D eigenvalue weighted by Gasteiger charge is -2.11. The molecule has 4 aromatic rings. The SMILES string of the molecule is COC(=O)Nc1cc(C(=O)Nc2ccc(-c3ccccc3S(N)(=O)=O)cc2)n(-c2ccc(OC)cc2)n1. The number of benzene rings is 3.